The molecule has 0 saturated heterocycles. The summed E-state index contributed by atoms with van der Waals surface area (Å²) in [5, 5.41) is 6.73. The number of rotatable bonds is 7. The number of benzene rings is 2. The Labute approximate surface area is 189 Å². The molecule has 0 aliphatic heterocycles. The monoisotopic (exact) mass is 502 g/mol. The van der Waals surface area contributed by atoms with Gasteiger partial charge in [0.05, 0.1) is 12.8 Å². The zero-order valence-electron chi connectivity index (χ0n) is 16.8. The van der Waals surface area contributed by atoms with Gasteiger partial charge in [0.25, 0.3) is 0 Å². The maximum Gasteiger partial charge on any atom is 0.191 e. The molecule has 3 aromatic rings. The molecule has 1 heterocycles. The van der Waals surface area contributed by atoms with Gasteiger partial charge >= 0.3 is 0 Å². The average molecular weight is 502 g/mol. The minimum Gasteiger partial charge on any atom is -0.497 e. The highest BCUT2D eigenvalue weighted by molar-refractivity contribution is 14.0. The summed E-state index contributed by atoms with van der Waals surface area (Å²) in [5.74, 6) is 1.67. The Kier molecular flexibility index (Phi) is 9.43. The second-order valence-corrected chi connectivity index (χ2v) is 6.37. The number of aromatic nitrogens is 1. The third-order valence-electron chi connectivity index (χ3n) is 4.44. The molecule has 2 N–H and O–H groups in total. The number of aliphatic imine (C=N–C) groups is 1. The second kappa shape index (κ2) is 12.1. The first-order valence-electron chi connectivity index (χ1n) is 9.36. The predicted octanol–water partition coefficient (Wildman–Crippen LogP) is 4.28. The average Bonchev–Trinajstić information content (AvgIpc) is 2.77. The maximum absolute atomic E-state index is 5.19. The van der Waals surface area contributed by atoms with Crippen molar-refractivity contribution in [1.29, 1.82) is 0 Å². The topological polar surface area (TPSA) is 58.5 Å². The van der Waals surface area contributed by atoms with Crippen LogP contribution in [0.3, 0.4) is 0 Å². The lowest BCUT2D eigenvalue weighted by Gasteiger charge is -2.13. The molecule has 0 bridgehead atoms. The molecule has 0 atom stereocenters. The number of ether oxygens (including phenoxy) is 1. The quantitative estimate of drug-likeness (QED) is 0.288. The van der Waals surface area contributed by atoms with E-state index >= 15 is 0 Å². The molecule has 0 saturated carbocycles. The van der Waals surface area contributed by atoms with E-state index in [1.54, 1.807) is 14.2 Å². The van der Waals surface area contributed by atoms with Gasteiger partial charge in [-0.05, 0) is 47.9 Å². The summed E-state index contributed by atoms with van der Waals surface area (Å²) >= 11 is 0. The largest absolute Gasteiger partial charge is 0.497 e. The van der Waals surface area contributed by atoms with Crippen molar-refractivity contribution in [1.82, 2.24) is 15.6 Å². The normalized spacial score (nSPS) is 10.8. The van der Waals surface area contributed by atoms with Gasteiger partial charge in [-0.15, -0.1) is 24.0 Å². The molecule has 5 nitrogen and oxygen atoms in total. The third-order valence-corrected chi connectivity index (χ3v) is 4.44. The van der Waals surface area contributed by atoms with Crippen molar-refractivity contribution in [3.63, 3.8) is 0 Å². The van der Waals surface area contributed by atoms with E-state index in [0.717, 1.165) is 35.9 Å². The van der Waals surface area contributed by atoms with E-state index in [1.165, 1.54) is 11.1 Å². The van der Waals surface area contributed by atoms with Crippen LogP contribution in [0.2, 0.25) is 0 Å². The van der Waals surface area contributed by atoms with Crippen molar-refractivity contribution in [2.45, 2.75) is 13.0 Å². The van der Waals surface area contributed by atoms with E-state index in [9.17, 15) is 0 Å². The van der Waals surface area contributed by atoms with E-state index in [-0.39, 0.29) is 24.0 Å². The Balaban J connectivity index is 0.00000300. The molecule has 3 rings (SSSR count). The summed E-state index contributed by atoms with van der Waals surface area (Å²) in [6.07, 6.45) is 2.73. The van der Waals surface area contributed by atoms with Gasteiger partial charge in [0, 0.05) is 31.9 Å². The lowest BCUT2D eigenvalue weighted by Crippen LogP contribution is -2.37. The smallest absolute Gasteiger partial charge is 0.191 e. The van der Waals surface area contributed by atoms with Crippen molar-refractivity contribution >= 4 is 29.9 Å². The molecule has 0 aliphatic carbocycles. The second-order valence-electron chi connectivity index (χ2n) is 6.37. The zero-order valence-corrected chi connectivity index (χ0v) is 19.1. The van der Waals surface area contributed by atoms with E-state index in [4.69, 9.17) is 4.74 Å². The van der Waals surface area contributed by atoms with Crippen LogP contribution in [0, 0.1) is 0 Å². The van der Waals surface area contributed by atoms with Crippen LogP contribution in [-0.2, 0) is 13.0 Å². The Morgan fingerprint density at radius 3 is 2.48 bits per heavy atom. The fraction of sp³-hybridized carbons (Fsp3) is 0.217. The van der Waals surface area contributed by atoms with Crippen molar-refractivity contribution in [2.75, 3.05) is 20.7 Å². The molecule has 0 amide bonds. The Hall–Kier alpha value is -2.61. The summed E-state index contributed by atoms with van der Waals surface area (Å²) in [6, 6.07) is 22.5. The van der Waals surface area contributed by atoms with Crippen molar-refractivity contribution in [2.24, 2.45) is 4.99 Å². The highest BCUT2D eigenvalue weighted by atomic mass is 127. The van der Waals surface area contributed by atoms with Gasteiger partial charge < -0.3 is 15.4 Å². The van der Waals surface area contributed by atoms with Crippen LogP contribution in [0.4, 0.5) is 0 Å². The van der Waals surface area contributed by atoms with Crippen molar-refractivity contribution < 1.29 is 4.74 Å². The molecule has 0 spiro atoms. The van der Waals surface area contributed by atoms with Crippen LogP contribution in [0.15, 0.2) is 77.9 Å². The minimum atomic E-state index is 0. The van der Waals surface area contributed by atoms with Crippen LogP contribution in [0.25, 0.3) is 11.3 Å². The molecule has 0 aliphatic rings. The van der Waals surface area contributed by atoms with Crippen LogP contribution in [0.5, 0.6) is 5.75 Å². The number of pyridine rings is 1. The van der Waals surface area contributed by atoms with E-state index < -0.39 is 0 Å². The van der Waals surface area contributed by atoms with E-state index in [1.807, 2.05) is 36.5 Å². The molecule has 152 valence electrons. The summed E-state index contributed by atoms with van der Waals surface area (Å²) in [6.45, 7) is 1.50. The first-order chi connectivity index (χ1) is 13.8. The predicted molar refractivity (Wildman–Crippen MR) is 130 cm³/mol. The summed E-state index contributed by atoms with van der Waals surface area (Å²) < 4.78 is 5.19. The summed E-state index contributed by atoms with van der Waals surface area (Å²) in [4.78, 5) is 8.72. The molecule has 29 heavy (non-hydrogen) atoms. The first-order valence-corrected chi connectivity index (χ1v) is 9.36. The molecule has 2 aromatic carbocycles. The van der Waals surface area contributed by atoms with Crippen LogP contribution >= 0.6 is 24.0 Å². The number of guanidine groups is 1. The number of nitrogens with one attached hydrogen (secondary N) is 2. The van der Waals surface area contributed by atoms with Crippen molar-refractivity contribution in [3.8, 4) is 17.0 Å². The fourth-order valence-corrected chi connectivity index (χ4v) is 2.90. The minimum absolute atomic E-state index is 0. The fourth-order valence-electron chi connectivity index (χ4n) is 2.90. The third kappa shape index (κ3) is 7.05. The lowest BCUT2D eigenvalue weighted by molar-refractivity contribution is 0.414. The molecule has 0 radical (unpaired) electrons. The van der Waals surface area contributed by atoms with Crippen LogP contribution in [-0.4, -0.2) is 31.6 Å². The first kappa shape index (κ1) is 22.7. The van der Waals surface area contributed by atoms with Crippen molar-refractivity contribution in [3.05, 3.63) is 84.1 Å². The van der Waals surface area contributed by atoms with Gasteiger partial charge in [-0.3, -0.25) is 9.98 Å². The number of hydrogen-bond donors (Lipinski definition) is 2. The van der Waals surface area contributed by atoms with Gasteiger partial charge in [-0.2, -0.15) is 0 Å². The van der Waals surface area contributed by atoms with Gasteiger partial charge in [0.1, 0.15) is 5.75 Å². The Bertz CT molecular complexity index is 898. The van der Waals surface area contributed by atoms with Gasteiger partial charge in [-0.1, -0.05) is 36.4 Å². The van der Waals surface area contributed by atoms with Crippen LogP contribution < -0.4 is 15.4 Å². The highest BCUT2D eigenvalue weighted by Crippen LogP contribution is 2.17. The number of methoxy groups -OCH3 is 1. The highest BCUT2D eigenvalue weighted by Gasteiger charge is 2.02. The number of nitrogens with zero attached hydrogens (tertiary/aromatic N) is 2. The van der Waals surface area contributed by atoms with Crippen LogP contribution in [0.1, 0.15) is 11.1 Å². The summed E-state index contributed by atoms with van der Waals surface area (Å²) in [7, 11) is 3.46. The lowest BCUT2D eigenvalue weighted by atomic mass is 10.1. The molecule has 0 unspecified atom stereocenters. The van der Waals surface area contributed by atoms with Gasteiger partial charge in [-0.25, -0.2) is 0 Å². The Morgan fingerprint density at radius 1 is 0.966 bits per heavy atom. The standard InChI is InChI=1S/C23H26N4O.HI/c1-24-23(26-15-13-18-9-11-21(28-2)12-10-18)27-17-19-6-5-7-20(16-19)22-8-3-4-14-25-22;/h3-12,14,16H,13,15,17H2,1-2H3,(H2,24,26,27);1H. The molecule has 1 aromatic heterocycles. The summed E-state index contributed by atoms with van der Waals surface area (Å²) in [5.41, 5.74) is 4.53. The molecule has 0 fully saturated rings. The van der Waals surface area contributed by atoms with E-state index in [2.05, 4.69) is 57.0 Å². The molecular weight excluding hydrogens is 475 g/mol. The Morgan fingerprint density at radius 2 is 1.79 bits per heavy atom. The SMILES string of the molecule is CN=C(NCCc1ccc(OC)cc1)NCc1cccc(-c2ccccn2)c1.I. The number of hydrogen-bond acceptors (Lipinski definition) is 3. The zero-order chi connectivity index (χ0) is 19.6. The van der Waals surface area contributed by atoms with E-state index in [0.29, 0.717) is 6.54 Å². The molecule has 6 heteroatoms. The van der Waals surface area contributed by atoms with Gasteiger partial charge in [0.2, 0.25) is 0 Å². The maximum atomic E-state index is 5.19. The van der Waals surface area contributed by atoms with Gasteiger partial charge in [0.15, 0.2) is 5.96 Å². The molecular formula is C23H27IN4O. The number of halogens is 1.